The summed E-state index contributed by atoms with van der Waals surface area (Å²) in [5, 5.41) is 1.62. The molecule has 3 rings (SSSR count). The summed E-state index contributed by atoms with van der Waals surface area (Å²) >= 11 is 5.50. The number of para-hydroxylation sites is 1. The van der Waals surface area contributed by atoms with Crippen molar-refractivity contribution >= 4 is 39.7 Å². The SMILES string of the molecule is C/C=C/C(=O)N1/C=C(/C(=S)OCC)c2[nH]c3ccccc3c2CCC1. The van der Waals surface area contributed by atoms with E-state index in [4.69, 9.17) is 17.0 Å². The van der Waals surface area contributed by atoms with Gasteiger partial charge in [0.15, 0.2) is 5.05 Å². The molecule has 1 aromatic heterocycles. The number of hydrogen-bond donors (Lipinski definition) is 1. The number of aromatic amines is 1. The van der Waals surface area contributed by atoms with Gasteiger partial charge in [0.2, 0.25) is 5.91 Å². The van der Waals surface area contributed by atoms with Gasteiger partial charge in [-0.25, -0.2) is 0 Å². The first kappa shape index (κ1) is 17.4. The second-order valence-electron chi connectivity index (χ2n) is 5.92. The molecule has 130 valence electrons. The van der Waals surface area contributed by atoms with E-state index in [1.54, 1.807) is 17.1 Å². The summed E-state index contributed by atoms with van der Waals surface area (Å²) in [6, 6.07) is 8.24. The van der Waals surface area contributed by atoms with Crippen molar-refractivity contribution in [2.24, 2.45) is 0 Å². The van der Waals surface area contributed by atoms with E-state index >= 15 is 0 Å². The fraction of sp³-hybridized carbons (Fsp3) is 0.300. The van der Waals surface area contributed by atoms with Crippen LogP contribution in [0, 0.1) is 0 Å². The summed E-state index contributed by atoms with van der Waals surface area (Å²) in [5.41, 5.74) is 4.03. The highest BCUT2D eigenvalue weighted by molar-refractivity contribution is 7.81. The molecule has 0 saturated carbocycles. The van der Waals surface area contributed by atoms with Gasteiger partial charge in [-0.1, -0.05) is 24.3 Å². The molecule has 1 N–H and O–H groups in total. The molecular formula is C20H22N2O2S. The highest BCUT2D eigenvalue weighted by Crippen LogP contribution is 2.31. The predicted molar refractivity (Wildman–Crippen MR) is 105 cm³/mol. The Morgan fingerprint density at radius 3 is 2.96 bits per heavy atom. The molecule has 1 aliphatic heterocycles. The Balaban J connectivity index is 2.15. The molecule has 0 fully saturated rings. The molecule has 0 atom stereocenters. The van der Waals surface area contributed by atoms with Gasteiger partial charge in [0, 0.05) is 23.6 Å². The summed E-state index contributed by atoms with van der Waals surface area (Å²) in [6.45, 7) is 4.90. The first-order chi connectivity index (χ1) is 12.2. The first-order valence-corrected chi connectivity index (χ1v) is 8.98. The molecule has 0 unspecified atom stereocenters. The maximum absolute atomic E-state index is 12.4. The topological polar surface area (TPSA) is 45.3 Å². The van der Waals surface area contributed by atoms with Crippen molar-refractivity contribution in [1.29, 1.82) is 0 Å². The number of fused-ring (bicyclic) bond motifs is 3. The van der Waals surface area contributed by atoms with Crippen molar-refractivity contribution in [3.8, 4) is 0 Å². The molecule has 1 aromatic carbocycles. The molecule has 25 heavy (non-hydrogen) atoms. The summed E-state index contributed by atoms with van der Waals surface area (Å²) in [7, 11) is 0. The van der Waals surface area contributed by atoms with Crippen molar-refractivity contribution in [3.63, 3.8) is 0 Å². The van der Waals surface area contributed by atoms with Crippen molar-refractivity contribution < 1.29 is 9.53 Å². The van der Waals surface area contributed by atoms with Gasteiger partial charge in [0.1, 0.15) is 0 Å². The van der Waals surface area contributed by atoms with E-state index in [-0.39, 0.29) is 5.91 Å². The molecule has 1 aliphatic rings. The number of thiocarbonyl (C=S) groups is 1. The van der Waals surface area contributed by atoms with Crippen LogP contribution in [-0.2, 0) is 16.0 Å². The van der Waals surface area contributed by atoms with Crippen LogP contribution in [-0.4, -0.2) is 34.0 Å². The minimum absolute atomic E-state index is 0.0427. The lowest BCUT2D eigenvalue weighted by Gasteiger charge is -2.22. The van der Waals surface area contributed by atoms with Crippen molar-refractivity contribution in [2.45, 2.75) is 26.7 Å². The molecule has 5 heteroatoms. The molecule has 1 amide bonds. The number of nitrogens with one attached hydrogen (secondary N) is 1. The summed E-state index contributed by atoms with van der Waals surface area (Å²) in [4.78, 5) is 17.6. The Hall–Kier alpha value is -2.40. The van der Waals surface area contributed by atoms with Crippen molar-refractivity contribution in [2.75, 3.05) is 13.2 Å². The van der Waals surface area contributed by atoms with Crippen molar-refractivity contribution in [3.05, 3.63) is 53.9 Å². The van der Waals surface area contributed by atoms with Crippen LogP contribution >= 0.6 is 12.2 Å². The average molecular weight is 354 g/mol. The van der Waals surface area contributed by atoms with Crippen molar-refractivity contribution in [1.82, 2.24) is 9.88 Å². The number of benzene rings is 1. The zero-order valence-electron chi connectivity index (χ0n) is 14.5. The van der Waals surface area contributed by atoms with Gasteiger partial charge in [-0.05, 0) is 56.6 Å². The van der Waals surface area contributed by atoms with Gasteiger partial charge in [-0.15, -0.1) is 0 Å². The van der Waals surface area contributed by atoms with Crippen LogP contribution in [0.4, 0.5) is 0 Å². The second-order valence-corrected chi connectivity index (χ2v) is 6.29. The van der Waals surface area contributed by atoms with Gasteiger partial charge >= 0.3 is 0 Å². The van der Waals surface area contributed by atoms with E-state index in [9.17, 15) is 4.79 Å². The minimum Gasteiger partial charge on any atom is -0.483 e. The lowest BCUT2D eigenvalue weighted by molar-refractivity contribution is -0.123. The monoisotopic (exact) mass is 354 g/mol. The number of hydrogen-bond acceptors (Lipinski definition) is 3. The van der Waals surface area contributed by atoms with Crippen LogP contribution in [0.25, 0.3) is 16.5 Å². The highest BCUT2D eigenvalue weighted by atomic mass is 32.1. The van der Waals surface area contributed by atoms with Gasteiger partial charge in [0.05, 0.1) is 17.9 Å². The fourth-order valence-corrected chi connectivity index (χ4v) is 3.45. The maximum atomic E-state index is 12.4. The van der Waals surface area contributed by atoms with Crippen LogP contribution < -0.4 is 0 Å². The van der Waals surface area contributed by atoms with Gasteiger partial charge in [-0.2, -0.15) is 0 Å². The van der Waals surface area contributed by atoms with E-state index in [0.717, 1.165) is 29.6 Å². The summed E-state index contributed by atoms with van der Waals surface area (Å²) < 4.78 is 5.61. The highest BCUT2D eigenvalue weighted by Gasteiger charge is 2.23. The quantitative estimate of drug-likeness (QED) is 0.663. The fourth-order valence-electron chi connectivity index (χ4n) is 3.18. The van der Waals surface area contributed by atoms with E-state index in [2.05, 4.69) is 17.1 Å². The molecule has 0 saturated heterocycles. The third-order valence-corrected chi connectivity index (χ3v) is 4.62. The molecule has 0 spiro atoms. The molecule has 0 radical (unpaired) electrons. The zero-order valence-corrected chi connectivity index (χ0v) is 15.4. The molecule has 4 nitrogen and oxygen atoms in total. The number of nitrogens with zero attached hydrogens (tertiary/aromatic N) is 1. The van der Waals surface area contributed by atoms with Crippen LogP contribution in [0.3, 0.4) is 0 Å². The normalized spacial score (nSPS) is 16.9. The first-order valence-electron chi connectivity index (χ1n) is 8.58. The molecule has 0 bridgehead atoms. The number of aryl methyl sites for hydroxylation is 1. The molecule has 2 heterocycles. The Kier molecular flexibility index (Phi) is 5.34. The lowest BCUT2D eigenvalue weighted by Crippen LogP contribution is -2.28. The predicted octanol–water partition coefficient (Wildman–Crippen LogP) is 4.22. The number of carbonyl (C=O) groups is 1. The number of rotatable bonds is 3. The van der Waals surface area contributed by atoms with Gasteiger partial charge in [0.25, 0.3) is 0 Å². The molecule has 2 aromatic rings. The zero-order chi connectivity index (χ0) is 17.8. The Bertz CT molecular complexity index is 864. The van der Waals surface area contributed by atoms with Crippen LogP contribution in [0.15, 0.2) is 42.6 Å². The Morgan fingerprint density at radius 1 is 1.40 bits per heavy atom. The number of allylic oxidation sites excluding steroid dienone is 1. The summed E-state index contributed by atoms with van der Waals surface area (Å²) in [5.74, 6) is -0.0427. The lowest BCUT2D eigenvalue weighted by atomic mass is 10.00. The number of amides is 1. The van der Waals surface area contributed by atoms with E-state index in [0.29, 0.717) is 18.2 Å². The smallest absolute Gasteiger partial charge is 0.250 e. The van der Waals surface area contributed by atoms with E-state index in [1.165, 1.54) is 10.9 Å². The average Bonchev–Trinajstić information content (AvgIpc) is 2.93. The third-order valence-electron chi connectivity index (χ3n) is 4.28. The second kappa shape index (κ2) is 7.66. The third kappa shape index (κ3) is 3.51. The van der Waals surface area contributed by atoms with Crippen LogP contribution in [0.2, 0.25) is 0 Å². The number of carbonyl (C=O) groups excluding carboxylic acids is 1. The Morgan fingerprint density at radius 2 is 2.20 bits per heavy atom. The van der Waals surface area contributed by atoms with E-state index in [1.807, 2.05) is 32.2 Å². The Labute approximate surface area is 153 Å². The standard InChI is InChI=1S/C20H22N2O2S/c1-3-8-18(23)22-12-7-10-15-14-9-5-6-11-17(14)21-19(15)16(13-22)20(25)24-4-2/h3,5-6,8-9,11,13,21H,4,7,10,12H2,1-2H3/b8-3+,16-13+. The molecular weight excluding hydrogens is 332 g/mol. The van der Waals surface area contributed by atoms with Crippen LogP contribution in [0.1, 0.15) is 31.5 Å². The number of aromatic nitrogens is 1. The van der Waals surface area contributed by atoms with Crippen LogP contribution in [0.5, 0.6) is 0 Å². The molecule has 0 aliphatic carbocycles. The largest absolute Gasteiger partial charge is 0.483 e. The number of H-pyrrole nitrogens is 1. The maximum Gasteiger partial charge on any atom is 0.250 e. The number of ether oxygens (including phenoxy) is 1. The van der Waals surface area contributed by atoms with E-state index < -0.39 is 0 Å². The van der Waals surface area contributed by atoms with Gasteiger partial charge < -0.3 is 14.6 Å². The van der Waals surface area contributed by atoms with Gasteiger partial charge in [-0.3, -0.25) is 4.79 Å². The minimum atomic E-state index is -0.0427. The summed E-state index contributed by atoms with van der Waals surface area (Å²) in [6.07, 6.45) is 6.93.